The summed E-state index contributed by atoms with van der Waals surface area (Å²) in [5.41, 5.74) is 3.07. The number of hydrogen-bond acceptors (Lipinski definition) is 4. The molecule has 0 unspecified atom stereocenters. The minimum absolute atomic E-state index is 0.210. The fourth-order valence-corrected chi connectivity index (χ4v) is 3.42. The zero-order chi connectivity index (χ0) is 18.6. The number of benzene rings is 2. The molecule has 0 saturated carbocycles. The molecule has 2 rings (SSSR count). The van der Waals surface area contributed by atoms with Gasteiger partial charge < -0.3 is 5.32 Å². The number of nitrogens with one attached hydrogen (secondary N) is 1. The second-order valence-corrected chi connectivity index (χ2v) is 9.17. The lowest BCUT2D eigenvalue weighted by atomic mass is 10.2. The van der Waals surface area contributed by atoms with E-state index in [-0.39, 0.29) is 12.5 Å². The molecule has 0 bridgehead atoms. The van der Waals surface area contributed by atoms with Crippen LogP contribution in [0.3, 0.4) is 0 Å². The van der Waals surface area contributed by atoms with E-state index in [4.69, 9.17) is 0 Å². The predicted molar refractivity (Wildman–Crippen MR) is 103 cm³/mol. The summed E-state index contributed by atoms with van der Waals surface area (Å²) in [5, 5.41) is 2.70. The lowest BCUT2D eigenvalue weighted by molar-refractivity contribution is -0.116. The quantitative estimate of drug-likeness (QED) is 0.838. The van der Waals surface area contributed by atoms with Crippen molar-refractivity contribution in [1.82, 2.24) is 4.31 Å². The highest BCUT2D eigenvalue weighted by molar-refractivity contribution is 7.99. The van der Waals surface area contributed by atoms with Crippen molar-refractivity contribution >= 4 is 33.4 Å². The number of likely N-dealkylation sites (N-methyl/N-ethyl adjacent to an activating group) is 1. The van der Waals surface area contributed by atoms with Crippen LogP contribution in [0, 0.1) is 13.8 Å². The SMILES string of the molecule is Cc1ccc(C)c(Sc2ccc(NC(=O)CN(C)S(C)(=O)=O)cc2)c1. The summed E-state index contributed by atoms with van der Waals surface area (Å²) in [7, 11) is -2.00. The average Bonchev–Trinajstić information content (AvgIpc) is 2.52. The molecule has 25 heavy (non-hydrogen) atoms. The molecular weight excluding hydrogens is 356 g/mol. The van der Waals surface area contributed by atoms with Crippen LogP contribution in [0.15, 0.2) is 52.3 Å². The van der Waals surface area contributed by atoms with Crippen molar-refractivity contribution in [2.75, 3.05) is 25.2 Å². The van der Waals surface area contributed by atoms with Crippen LogP contribution in [-0.4, -0.2) is 38.5 Å². The van der Waals surface area contributed by atoms with Gasteiger partial charge in [0.15, 0.2) is 0 Å². The van der Waals surface area contributed by atoms with E-state index in [1.54, 1.807) is 11.8 Å². The second-order valence-electron chi connectivity index (χ2n) is 5.96. The highest BCUT2D eigenvalue weighted by Crippen LogP contribution is 2.31. The fraction of sp³-hybridized carbons (Fsp3) is 0.278. The Morgan fingerprint density at radius 3 is 2.36 bits per heavy atom. The number of anilines is 1. The molecule has 0 aliphatic rings. The zero-order valence-electron chi connectivity index (χ0n) is 14.7. The first-order valence-electron chi connectivity index (χ1n) is 7.71. The third kappa shape index (κ3) is 5.88. The summed E-state index contributed by atoms with van der Waals surface area (Å²) >= 11 is 1.67. The van der Waals surface area contributed by atoms with Gasteiger partial charge in [0.05, 0.1) is 12.8 Å². The number of aryl methyl sites for hydroxylation is 2. The number of rotatable bonds is 6. The molecule has 0 saturated heterocycles. The van der Waals surface area contributed by atoms with Crippen molar-refractivity contribution in [2.24, 2.45) is 0 Å². The summed E-state index contributed by atoms with van der Waals surface area (Å²) in [5.74, 6) is -0.372. The number of amides is 1. The maximum Gasteiger partial charge on any atom is 0.239 e. The number of hydrogen-bond donors (Lipinski definition) is 1. The molecule has 2 aromatic carbocycles. The van der Waals surface area contributed by atoms with Gasteiger partial charge in [-0.3, -0.25) is 4.79 Å². The van der Waals surface area contributed by atoms with E-state index in [9.17, 15) is 13.2 Å². The minimum atomic E-state index is -3.37. The molecule has 2 aromatic rings. The predicted octanol–water partition coefficient (Wildman–Crippen LogP) is 3.28. The Morgan fingerprint density at radius 1 is 1.12 bits per heavy atom. The molecular formula is C18H22N2O3S2. The molecule has 5 nitrogen and oxygen atoms in total. The van der Waals surface area contributed by atoms with Crippen molar-refractivity contribution in [3.63, 3.8) is 0 Å². The number of sulfonamides is 1. The molecule has 0 radical (unpaired) electrons. The minimum Gasteiger partial charge on any atom is -0.325 e. The summed E-state index contributed by atoms with van der Waals surface area (Å²) in [6, 6.07) is 13.8. The molecule has 134 valence electrons. The van der Waals surface area contributed by atoms with Gasteiger partial charge in [0.25, 0.3) is 0 Å². The van der Waals surface area contributed by atoms with Gasteiger partial charge in [-0.25, -0.2) is 8.42 Å². The van der Waals surface area contributed by atoms with Gasteiger partial charge >= 0.3 is 0 Å². The van der Waals surface area contributed by atoms with E-state index in [2.05, 4.69) is 37.4 Å². The molecule has 1 amide bonds. The van der Waals surface area contributed by atoms with Crippen LogP contribution in [0.5, 0.6) is 0 Å². The Morgan fingerprint density at radius 2 is 1.76 bits per heavy atom. The Hall–Kier alpha value is -1.83. The van der Waals surface area contributed by atoms with Crippen LogP contribution < -0.4 is 5.32 Å². The smallest absolute Gasteiger partial charge is 0.239 e. The van der Waals surface area contributed by atoms with Gasteiger partial charge in [-0.05, 0) is 55.3 Å². The summed E-state index contributed by atoms with van der Waals surface area (Å²) in [6.45, 7) is 3.93. The first kappa shape index (κ1) is 19.5. The monoisotopic (exact) mass is 378 g/mol. The van der Waals surface area contributed by atoms with Crippen molar-refractivity contribution in [1.29, 1.82) is 0 Å². The highest BCUT2D eigenvalue weighted by atomic mass is 32.2. The van der Waals surface area contributed by atoms with Gasteiger partial charge in [0.2, 0.25) is 15.9 Å². The Bertz CT molecular complexity index is 862. The molecule has 0 atom stereocenters. The summed E-state index contributed by atoms with van der Waals surface area (Å²) in [6.07, 6.45) is 1.07. The molecule has 0 aromatic heterocycles. The van der Waals surface area contributed by atoms with Crippen molar-refractivity contribution in [3.8, 4) is 0 Å². The molecule has 0 spiro atoms. The van der Waals surface area contributed by atoms with E-state index < -0.39 is 10.0 Å². The number of carbonyl (C=O) groups is 1. The van der Waals surface area contributed by atoms with E-state index in [1.165, 1.54) is 23.1 Å². The number of carbonyl (C=O) groups excluding carboxylic acids is 1. The Kier molecular flexibility index (Phi) is 6.26. The van der Waals surface area contributed by atoms with Crippen LogP contribution in [0.1, 0.15) is 11.1 Å². The van der Waals surface area contributed by atoms with E-state index in [0.29, 0.717) is 5.69 Å². The molecule has 7 heteroatoms. The molecule has 0 aliphatic carbocycles. The number of nitrogens with zero attached hydrogens (tertiary/aromatic N) is 1. The van der Waals surface area contributed by atoms with Crippen molar-refractivity contribution in [2.45, 2.75) is 23.6 Å². The van der Waals surface area contributed by atoms with Crippen LogP contribution in [-0.2, 0) is 14.8 Å². The lowest BCUT2D eigenvalue weighted by Gasteiger charge is -2.14. The maximum absolute atomic E-state index is 11.9. The third-order valence-electron chi connectivity index (χ3n) is 3.64. The molecule has 1 N–H and O–H groups in total. The first-order valence-corrected chi connectivity index (χ1v) is 10.4. The standard InChI is InChI=1S/C18H22N2O3S2/c1-13-5-6-14(2)17(11-13)24-16-9-7-15(8-10-16)19-18(21)12-20(3)25(4,22)23/h5-11H,12H2,1-4H3,(H,19,21). The van der Waals surface area contributed by atoms with Crippen LogP contribution in [0.2, 0.25) is 0 Å². The molecule has 0 heterocycles. The Labute approximate surface area is 153 Å². The fourth-order valence-electron chi connectivity index (χ4n) is 2.07. The third-order valence-corrected chi connectivity index (χ3v) is 6.07. The van der Waals surface area contributed by atoms with Gasteiger partial charge in [-0.1, -0.05) is 23.9 Å². The second kappa shape index (κ2) is 8.03. The maximum atomic E-state index is 11.9. The van der Waals surface area contributed by atoms with Gasteiger partial charge in [0, 0.05) is 22.5 Å². The lowest BCUT2D eigenvalue weighted by Crippen LogP contribution is -2.34. The highest BCUT2D eigenvalue weighted by Gasteiger charge is 2.15. The molecule has 0 aliphatic heterocycles. The van der Waals surface area contributed by atoms with E-state index in [0.717, 1.165) is 15.5 Å². The topological polar surface area (TPSA) is 66.5 Å². The molecule has 0 fully saturated rings. The average molecular weight is 379 g/mol. The van der Waals surface area contributed by atoms with Crippen LogP contribution in [0.25, 0.3) is 0 Å². The normalized spacial score (nSPS) is 11.6. The van der Waals surface area contributed by atoms with Crippen molar-refractivity contribution in [3.05, 3.63) is 53.6 Å². The van der Waals surface area contributed by atoms with Gasteiger partial charge in [-0.15, -0.1) is 0 Å². The zero-order valence-corrected chi connectivity index (χ0v) is 16.4. The van der Waals surface area contributed by atoms with Gasteiger partial charge in [-0.2, -0.15) is 4.31 Å². The van der Waals surface area contributed by atoms with E-state index in [1.807, 2.05) is 24.3 Å². The van der Waals surface area contributed by atoms with Crippen molar-refractivity contribution < 1.29 is 13.2 Å². The van der Waals surface area contributed by atoms with Crippen LogP contribution in [0.4, 0.5) is 5.69 Å². The van der Waals surface area contributed by atoms with Gasteiger partial charge in [0.1, 0.15) is 0 Å². The van der Waals surface area contributed by atoms with Crippen LogP contribution >= 0.6 is 11.8 Å². The first-order chi connectivity index (χ1) is 11.6. The summed E-state index contributed by atoms with van der Waals surface area (Å²) in [4.78, 5) is 14.2. The largest absolute Gasteiger partial charge is 0.325 e. The van der Waals surface area contributed by atoms with E-state index >= 15 is 0 Å². The Balaban J connectivity index is 2.00. The summed E-state index contributed by atoms with van der Waals surface area (Å²) < 4.78 is 23.7.